The number of hydrogen-bond donors (Lipinski definition) is 1. The minimum Gasteiger partial charge on any atom is -0.494 e. The van der Waals surface area contributed by atoms with Crippen LogP contribution in [0, 0.1) is 11.8 Å². The first-order valence-corrected chi connectivity index (χ1v) is 11.6. The molecule has 1 N–H and O–H groups in total. The Kier molecular flexibility index (Phi) is 11.4. The van der Waals surface area contributed by atoms with E-state index in [1.165, 1.54) is 0 Å². The molecule has 1 unspecified atom stereocenters. The number of rotatable bonds is 12. The third-order valence-electron chi connectivity index (χ3n) is 4.32. The number of carbonyl (C=O) groups is 1. The molecule has 0 spiro atoms. The number of hydrogen-bond acceptors (Lipinski definition) is 5. The Hall–Kier alpha value is -2.95. The zero-order chi connectivity index (χ0) is 24.1. The molecule has 0 aliphatic heterocycles. The fourth-order valence-electron chi connectivity index (χ4n) is 2.93. The lowest BCUT2D eigenvalue weighted by molar-refractivity contribution is -0.149. The highest BCUT2D eigenvalue weighted by atomic mass is 79.9. The molecule has 176 valence electrons. The summed E-state index contributed by atoms with van der Waals surface area (Å²) in [6.07, 6.45) is 2.97. The summed E-state index contributed by atoms with van der Waals surface area (Å²) in [5, 5.41) is 9.23. The molecule has 0 aliphatic rings. The first kappa shape index (κ1) is 26.3. The van der Waals surface area contributed by atoms with Crippen molar-refractivity contribution in [3.8, 4) is 29.1 Å². The lowest BCUT2D eigenvalue weighted by Gasteiger charge is -2.13. The Morgan fingerprint density at radius 2 is 1.73 bits per heavy atom. The van der Waals surface area contributed by atoms with Crippen molar-refractivity contribution in [2.24, 2.45) is 0 Å². The zero-order valence-electron chi connectivity index (χ0n) is 19.1. The van der Waals surface area contributed by atoms with Crippen molar-refractivity contribution in [3.05, 3.63) is 64.1 Å². The van der Waals surface area contributed by atoms with Gasteiger partial charge in [0.15, 0.2) is 6.10 Å². The summed E-state index contributed by atoms with van der Waals surface area (Å²) in [6.45, 7) is 7.47. The van der Waals surface area contributed by atoms with Gasteiger partial charge in [0.2, 0.25) is 0 Å². The maximum absolute atomic E-state index is 11.3. The SMILES string of the molecule is CCOc1cc(C#CC=CCOc2ccc(CC(OCC)C(=O)O)cc2Br)cc(OCC)c1. The quantitative estimate of drug-likeness (QED) is 0.387. The molecule has 0 bridgehead atoms. The normalized spacial score (nSPS) is 11.5. The topological polar surface area (TPSA) is 74.2 Å². The van der Waals surface area contributed by atoms with E-state index in [2.05, 4.69) is 27.8 Å². The van der Waals surface area contributed by atoms with Crippen molar-refractivity contribution in [2.45, 2.75) is 33.3 Å². The number of aliphatic carboxylic acids is 1. The predicted molar refractivity (Wildman–Crippen MR) is 131 cm³/mol. The largest absolute Gasteiger partial charge is 0.494 e. The number of carboxylic acid groups (broad SMARTS) is 1. The van der Waals surface area contributed by atoms with Gasteiger partial charge >= 0.3 is 5.97 Å². The third kappa shape index (κ3) is 9.21. The first-order valence-electron chi connectivity index (χ1n) is 10.8. The summed E-state index contributed by atoms with van der Waals surface area (Å²) in [5.74, 6) is 7.20. The minimum absolute atomic E-state index is 0.285. The molecule has 6 nitrogen and oxygen atoms in total. The molecule has 0 fully saturated rings. The predicted octanol–water partition coefficient (Wildman–Crippen LogP) is 5.27. The summed E-state index contributed by atoms with van der Waals surface area (Å²) in [7, 11) is 0. The van der Waals surface area contributed by atoms with Crippen molar-refractivity contribution in [2.75, 3.05) is 26.4 Å². The van der Waals surface area contributed by atoms with Crippen LogP contribution in [0.1, 0.15) is 31.9 Å². The van der Waals surface area contributed by atoms with Gasteiger partial charge in [0, 0.05) is 24.7 Å². The van der Waals surface area contributed by atoms with Crippen LogP contribution >= 0.6 is 15.9 Å². The van der Waals surface area contributed by atoms with Gasteiger partial charge in [0.25, 0.3) is 0 Å². The van der Waals surface area contributed by atoms with Crippen molar-refractivity contribution in [3.63, 3.8) is 0 Å². The molecule has 0 saturated heterocycles. The van der Waals surface area contributed by atoms with Crippen LogP contribution in [0.25, 0.3) is 0 Å². The minimum atomic E-state index is -0.974. The van der Waals surface area contributed by atoms with E-state index in [-0.39, 0.29) is 6.42 Å². The highest BCUT2D eigenvalue weighted by molar-refractivity contribution is 9.10. The van der Waals surface area contributed by atoms with Gasteiger partial charge in [-0.3, -0.25) is 0 Å². The van der Waals surface area contributed by atoms with Crippen molar-refractivity contribution in [1.82, 2.24) is 0 Å². The van der Waals surface area contributed by atoms with Crippen molar-refractivity contribution >= 4 is 21.9 Å². The van der Waals surface area contributed by atoms with E-state index >= 15 is 0 Å². The average Bonchev–Trinajstić information content (AvgIpc) is 2.77. The third-order valence-corrected chi connectivity index (χ3v) is 4.94. The molecule has 1 atom stereocenters. The van der Waals surface area contributed by atoms with E-state index in [1.54, 1.807) is 19.1 Å². The first-order chi connectivity index (χ1) is 16.0. The molecule has 0 radical (unpaired) electrons. The lowest BCUT2D eigenvalue weighted by Crippen LogP contribution is -2.26. The van der Waals surface area contributed by atoms with Crippen LogP contribution in [0.15, 0.2) is 53.0 Å². The molecular formula is C26H29BrO6. The van der Waals surface area contributed by atoms with E-state index in [0.717, 1.165) is 27.1 Å². The zero-order valence-corrected chi connectivity index (χ0v) is 20.7. The molecule has 0 aliphatic carbocycles. The standard InChI is InChI=1S/C26H29BrO6/c1-4-30-21-14-19(15-22(18-21)31-5-2)10-8-7-9-13-33-24-12-11-20(16-23(24)27)17-25(26(28)29)32-6-3/h7,9,11-12,14-16,18,25H,4-6,13,17H2,1-3H3,(H,28,29). The van der Waals surface area contributed by atoms with E-state index in [1.807, 2.05) is 50.3 Å². The number of benzene rings is 2. The summed E-state index contributed by atoms with van der Waals surface area (Å²) in [5.41, 5.74) is 1.65. The van der Waals surface area contributed by atoms with Gasteiger partial charge in [-0.1, -0.05) is 17.9 Å². The fourth-order valence-corrected chi connectivity index (χ4v) is 3.48. The molecule has 2 rings (SSSR count). The van der Waals surface area contributed by atoms with E-state index in [0.29, 0.717) is 32.2 Å². The summed E-state index contributed by atoms with van der Waals surface area (Å²) < 4.78 is 22.9. The average molecular weight is 517 g/mol. The Morgan fingerprint density at radius 3 is 2.30 bits per heavy atom. The van der Waals surface area contributed by atoms with Gasteiger partial charge in [0.05, 0.1) is 17.7 Å². The van der Waals surface area contributed by atoms with Crippen LogP contribution in [0.5, 0.6) is 17.2 Å². The molecule has 0 amide bonds. The van der Waals surface area contributed by atoms with Crippen molar-refractivity contribution < 1.29 is 28.8 Å². The van der Waals surface area contributed by atoms with Crippen LogP contribution in [-0.2, 0) is 16.0 Å². The monoisotopic (exact) mass is 516 g/mol. The van der Waals surface area contributed by atoms with E-state index in [4.69, 9.17) is 18.9 Å². The van der Waals surface area contributed by atoms with Gasteiger partial charge in [-0.2, -0.15) is 0 Å². The number of halogens is 1. The van der Waals surface area contributed by atoms with Gasteiger partial charge in [-0.05, 0) is 78.7 Å². The number of carboxylic acids is 1. The number of ether oxygens (including phenoxy) is 4. The van der Waals surface area contributed by atoms with Gasteiger partial charge in [0.1, 0.15) is 23.9 Å². The summed E-state index contributed by atoms with van der Waals surface area (Å²) in [6, 6.07) is 11.1. The summed E-state index contributed by atoms with van der Waals surface area (Å²) >= 11 is 3.48. The summed E-state index contributed by atoms with van der Waals surface area (Å²) in [4.78, 5) is 11.3. The molecule has 2 aromatic carbocycles. The Bertz CT molecular complexity index is 981. The highest BCUT2D eigenvalue weighted by Gasteiger charge is 2.18. The Morgan fingerprint density at radius 1 is 1.03 bits per heavy atom. The molecule has 0 heterocycles. The van der Waals surface area contributed by atoms with Crippen LogP contribution < -0.4 is 14.2 Å². The van der Waals surface area contributed by atoms with Gasteiger partial charge in [-0.25, -0.2) is 4.79 Å². The maximum Gasteiger partial charge on any atom is 0.333 e. The maximum atomic E-state index is 11.3. The van der Waals surface area contributed by atoms with E-state index < -0.39 is 12.1 Å². The fraction of sp³-hybridized carbons (Fsp3) is 0.346. The van der Waals surface area contributed by atoms with E-state index in [9.17, 15) is 9.90 Å². The lowest BCUT2D eigenvalue weighted by atomic mass is 10.1. The van der Waals surface area contributed by atoms with Crippen LogP contribution in [0.2, 0.25) is 0 Å². The van der Waals surface area contributed by atoms with Crippen molar-refractivity contribution in [1.29, 1.82) is 0 Å². The van der Waals surface area contributed by atoms with Gasteiger partial charge in [-0.15, -0.1) is 0 Å². The Labute approximate surface area is 203 Å². The second kappa shape index (κ2) is 14.2. The molecule has 33 heavy (non-hydrogen) atoms. The highest BCUT2D eigenvalue weighted by Crippen LogP contribution is 2.27. The molecule has 0 saturated carbocycles. The molecule has 0 aromatic heterocycles. The van der Waals surface area contributed by atoms with Crippen LogP contribution in [0.4, 0.5) is 0 Å². The number of allylic oxidation sites excluding steroid dienone is 1. The second-order valence-electron chi connectivity index (χ2n) is 6.79. The van der Waals surface area contributed by atoms with Gasteiger partial charge < -0.3 is 24.1 Å². The molecule has 2 aromatic rings. The second-order valence-corrected chi connectivity index (χ2v) is 7.65. The van der Waals surface area contributed by atoms with Crippen LogP contribution in [-0.4, -0.2) is 43.6 Å². The molecule has 7 heteroatoms. The smallest absolute Gasteiger partial charge is 0.333 e. The molecular weight excluding hydrogens is 488 g/mol. The van der Waals surface area contributed by atoms with Crippen LogP contribution in [0.3, 0.4) is 0 Å². The Balaban J connectivity index is 1.94.